The van der Waals surface area contributed by atoms with Crippen molar-refractivity contribution >= 4 is 11.8 Å². The number of piperidine rings is 1. The lowest BCUT2D eigenvalue weighted by Gasteiger charge is -2.42. The number of ether oxygens (including phenoxy) is 2. The van der Waals surface area contributed by atoms with Crippen LogP contribution in [0, 0.1) is 5.92 Å². The normalized spacial score (nSPS) is 22.0. The van der Waals surface area contributed by atoms with E-state index in [1.807, 2.05) is 48.9 Å². The third-order valence-electron chi connectivity index (χ3n) is 8.73. The monoisotopic (exact) mass is 572 g/mol. The Balaban J connectivity index is 1.07. The molecule has 0 unspecified atom stereocenters. The number of nitrogens with zero attached hydrogens (tertiary/aromatic N) is 8. The minimum Gasteiger partial charge on any atom is -0.444 e. The minimum absolute atomic E-state index is 0.121. The van der Waals surface area contributed by atoms with E-state index in [1.165, 1.54) is 25.7 Å². The second-order valence-corrected chi connectivity index (χ2v) is 13.4. The number of pyridine rings is 1. The molecule has 5 heterocycles. The van der Waals surface area contributed by atoms with Gasteiger partial charge >= 0.3 is 6.09 Å². The highest BCUT2D eigenvalue weighted by Gasteiger charge is 2.45. The molecule has 3 aromatic rings. The number of aromatic nitrogens is 6. The van der Waals surface area contributed by atoms with Crippen molar-refractivity contribution in [1.29, 1.82) is 0 Å². The fraction of sp³-hybridized carbons (Fsp3) is 0.613. The van der Waals surface area contributed by atoms with Gasteiger partial charge in [-0.05, 0) is 77.3 Å². The number of carbonyl (C=O) groups excluding carboxylic acids is 1. The molecule has 2 aliphatic heterocycles. The molecule has 3 aromatic heterocycles. The molecule has 1 amide bonds. The number of rotatable bonds is 8. The lowest BCUT2D eigenvalue weighted by molar-refractivity contribution is -0.0851. The van der Waals surface area contributed by atoms with E-state index in [9.17, 15) is 4.79 Å². The van der Waals surface area contributed by atoms with Crippen LogP contribution in [0.15, 0.2) is 36.9 Å². The van der Waals surface area contributed by atoms with Crippen molar-refractivity contribution < 1.29 is 14.3 Å². The largest absolute Gasteiger partial charge is 0.444 e. The van der Waals surface area contributed by atoms with Gasteiger partial charge in [-0.3, -0.25) is 9.97 Å². The van der Waals surface area contributed by atoms with E-state index in [1.54, 1.807) is 6.20 Å². The predicted octanol–water partition coefficient (Wildman–Crippen LogP) is 4.40. The SMILES string of the molecule is CC(C)(C)OC(=O)N(CC1CC1)[C@@H]1CCCN(c2ccc(C3(n4cc(-c5cncc(C6CC6)n5)nn4)COC3)nc2)C1. The fourth-order valence-electron chi connectivity index (χ4n) is 5.93. The molecule has 42 heavy (non-hydrogen) atoms. The summed E-state index contributed by atoms with van der Waals surface area (Å²) in [5, 5.41) is 8.92. The first kappa shape index (κ1) is 27.2. The molecular weight excluding hydrogens is 532 g/mol. The van der Waals surface area contributed by atoms with Crippen LogP contribution in [0.25, 0.3) is 11.4 Å². The molecule has 1 atom stereocenters. The Morgan fingerprint density at radius 3 is 2.60 bits per heavy atom. The summed E-state index contributed by atoms with van der Waals surface area (Å²) in [4.78, 5) is 31.6. The van der Waals surface area contributed by atoms with E-state index in [0.29, 0.717) is 30.7 Å². The van der Waals surface area contributed by atoms with Crippen molar-refractivity contribution in [3.8, 4) is 11.4 Å². The van der Waals surface area contributed by atoms with Crippen molar-refractivity contribution in [2.45, 2.75) is 82.4 Å². The zero-order valence-electron chi connectivity index (χ0n) is 24.8. The highest BCUT2D eigenvalue weighted by atomic mass is 16.6. The van der Waals surface area contributed by atoms with Crippen LogP contribution >= 0.6 is 0 Å². The number of anilines is 1. The third-order valence-corrected chi connectivity index (χ3v) is 8.73. The van der Waals surface area contributed by atoms with Crippen LogP contribution in [-0.4, -0.2) is 85.4 Å². The molecule has 222 valence electrons. The number of amides is 1. The summed E-state index contributed by atoms with van der Waals surface area (Å²) in [6, 6.07) is 4.33. The van der Waals surface area contributed by atoms with Crippen LogP contribution in [0.5, 0.6) is 0 Å². The summed E-state index contributed by atoms with van der Waals surface area (Å²) in [6.45, 7) is 9.24. The molecular formula is C31H40N8O3. The maximum Gasteiger partial charge on any atom is 0.410 e. The summed E-state index contributed by atoms with van der Waals surface area (Å²) in [5.74, 6) is 1.12. The predicted molar refractivity (Wildman–Crippen MR) is 156 cm³/mol. The topological polar surface area (TPSA) is 111 Å². The zero-order valence-corrected chi connectivity index (χ0v) is 24.8. The Morgan fingerprint density at radius 1 is 1.10 bits per heavy atom. The van der Waals surface area contributed by atoms with Gasteiger partial charge in [0, 0.05) is 31.7 Å². The van der Waals surface area contributed by atoms with Gasteiger partial charge in [-0.25, -0.2) is 14.5 Å². The maximum absolute atomic E-state index is 13.2. The van der Waals surface area contributed by atoms with Gasteiger partial charge in [0.25, 0.3) is 0 Å². The summed E-state index contributed by atoms with van der Waals surface area (Å²) >= 11 is 0. The van der Waals surface area contributed by atoms with Gasteiger partial charge in [0.2, 0.25) is 0 Å². The van der Waals surface area contributed by atoms with E-state index in [2.05, 4.69) is 32.3 Å². The average molecular weight is 573 g/mol. The van der Waals surface area contributed by atoms with Crippen LogP contribution in [0.1, 0.15) is 76.6 Å². The summed E-state index contributed by atoms with van der Waals surface area (Å²) in [7, 11) is 0. The van der Waals surface area contributed by atoms with E-state index < -0.39 is 11.1 Å². The average Bonchev–Trinajstić information content (AvgIpc) is 3.89. The van der Waals surface area contributed by atoms with Crippen LogP contribution in [0.4, 0.5) is 10.5 Å². The molecule has 0 spiro atoms. The molecule has 4 aliphatic rings. The van der Waals surface area contributed by atoms with Gasteiger partial charge < -0.3 is 19.3 Å². The summed E-state index contributed by atoms with van der Waals surface area (Å²) < 4.78 is 13.4. The molecule has 0 aromatic carbocycles. The summed E-state index contributed by atoms with van der Waals surface area (Å²) in [5.41, 5.74) is 3.41. The van der Waals surface area contributed by atoms with Crippen molar-refractivity contribution in [3.05, 3.63) is 48.3 Å². The lowest BCUT2D eigenvalue weighted by atomic mass is 9.92. The van der Waals surface area contributed by atoms with Crippen molar-refractivity contribution in [2.75, 3.05) is 37.7 Å². The maximum atomic E-state index is 13.2. The van der Waals surface area contributed by atoms with Gasteiger partial charge in [0.05, 0.1) is 54.9 Å². The molecule has 2 aliphatic carbocycles. The number of carbonyl (C=O) groups is 1. The highest BCUT2D eigenvalue weighted by Crippen LogP contribution is 2.39. The molecule has 11 nitrogen and oxygen atoms in total. The first-order valence-corrected chi connectivity index (χ1v) is 15.3. The quantitative estimate of drug-likeness (QED) is 0.388. The molecule has 2 saturated heterocycles. The van der Waals surface area contributed by atoms with Gasteiger partial charge in [-0.1, -0.05) is 5.21 Å². The van der Waals surface area contributed by atoms with E-state index in [4.69, 9.17) is 19.4 Å². The first-order valence-electron chi connectivity index (χ1n) is 15.3. The molecule has 0 bridgehead atoms. The van der Waals surface area contributed by atoms with E-state index in [-0.39, 0.29) is 12.1 Å². The standard InChI is InChI=1S/C31H40N8O3/c1-30(2,3)42-29(40)38(16-21-6-7-21)24-5-4-12-37(17-24)23-10-11-28(33-13-23)31(19-41-20-31)39-18-27(35-36-39)26-15-32-14-25(34-26)22-8-9-22/h10-11,13-15,18,21-22,24H,4-9,12,16-17,19-20H2,1-3H3/t24-/m1/s1. The van der Waals surface area contributed by atoms with Crippen LogP contribution < -0.4 is 4.90 Å². The fourth-order valence-corrected chi connectivity index (χ4v) is 5.93. The Morgan fingerprint density at radius 2 is 1.93 bits per heavy atom. The Bertz CT molecular complexity index is 1420. The minimum atomic E-state index is -0.507. The van der Waals surface area contributed by atoms with E-state index >= 15 is 0 Å². The second-order valence-electron chi connectivity index (χ2n) is 13.4. The van der Waals surface area contributed by atoms with Gasteiger partial charge in [0.1, 0.15) is 17.0 Å². The van der Waals surface area contributed by atoms with E-state index in [0.717, 1.165) is 55.2 Å². The van der Waals surface area contributed by atoms with Crippen molar-refractivity contribution in [1.82, 2.24) is 34.8 Å². The zero-order chi connectivity index (χ0) is 28.9. The van der Waals surface area contributed by atoms with Crippen molar-refractivity contribution in [2.24, 2.45) is 5.92 Å². The van der Waals surface area contributed by atoms with Gasteiger partial charge in [0.15, 0.2) is 5.54 Å². The molecule has 11 heteroatoms. The highest BCUT2D eigenvalue weighted by molar-refractivity contribution is 5.69. The van der Waals surface area contributed by atoms with Gasteiger partial charge in [-0.2, -0.15) is 0 Å². The second kappa shape index (κ2) is 10.6. The van der Waals surface area contributed by atoms with Crippen LogP contribution in [0.3, 0.4) is 0 Å². The molecule has 0 radical (unpaired) electrons. The third kappa shape index (κ3) is 5.58. The number of hydrogen-bond donors (Lipinski definition) is 0. The van der Waals surface area contributed by atoms with Crippen LogP contribution in [0.2, 0.25) is 0 Å². The van der Waals surface area contributed by atoms with Crippen molar-refractivity contribution in [3.63, 3.8) is 0 Å². The van der Waals surface area contributed by atoms with Gasteiger partial charge in [-0.15, -0.1) is 5.10 Å². The summed E-state index contributed by atoms with van der Waals surface area (Å²) in [6.07, 6.45) is 14.0. The molecule has 7 rings (SSSR count). The Hall–Kier alpha value is -3.60. The molecule has 4 fully saturated rings. The number of hydrogen-bond acceptors (Lipinski definition) is 9. The van der Waals surface area contributed by atoms with Crippen LogP contribution in [-0.2, 0) is 15.0 Å². The smallest absolute Gasteiger partial charge is 0.410 e. The Labute approximate surface area is 246 Å². The first-order chi connectivity index (χ1) is 20.3. The Kier molecular flexibility index (Phi) is 6.87. The lowest BCUT2D eigenvalue weighted by Crippen LogP contribution is -2.53. The molecule has 2 saturated carbocycles. The molecule has 0 N–H and O–H groups in total.